The Kier molecular flexibility index (Phi) is 3.00. The Morgan fingerprint density at radius 3 is 2.15 bits per heavy atom. The Morgan fingerprint density at radius 2 is 1.69 bits per heavy atom. The first-order chi connectivity index (χ1) is 5.95. The van der Waals surface area contributed by atoms with Crippen LogP contribution in [-0.2, 0) is 0 Å². The SMILES string of the molecule is OB(O)c1c(F)c(F)cc(Br)c1F. The van der Waals surface area contributed by atoms with Crippen molar-refractivity contribution in [2.75, 3.05) is 0 Å². The molecule has 0 atom stereocenters. The zero-order valence-electron chi connectivity index (χ0n) is 6.06. The van der Waals surface area contributed by atoms with Crippen molar-refractivity contribution in [2.45, 2.75) is 0 Å². The molecule has 0 amide bonds. The highest BCUT2D eigenvalue weighted by Gasteiger charge is 2.26. The lowest BCUT2D eigenvalue weighted by Gasteiger charge is -2.05. The molecule has 0 aliphatic carbocycles. The van der Waals surface area contributed by atoms with E-state index in [4.69, 9.17) is 10.0 Å². The molecule has 0 fully saturated rings. The molecule has 13 heavy (non-hydrogen) atoms. The number of hydrogen-bond donors (Lipinski definition) is 2. The zero-order chi connectivity index (χ0) is 10.2. The molecule has 0 aliphatic rings. The van der Waals surface area contributed by atoms with E-state index in [1.165, 1.54) is 0 Å². The number of rotatable bonds is 1. The molecule has 1 aromatic rings. The van der Waals surface area contributed by atoms with E-state index in [9.17, 15) is 13.2 Å². The van der Waals surface area contributed by atoms with Crippen LogP contribution in [0.4, 0.5) is 13.2 Å². The van der Waals surface area contributed by atoms with Crippen molar-refractivity contribution < 1.29 is 23.2 Å². The molecule has 0 heterocycles. The lowest BCUT2D eigenvalue weighted by molar-refractivity contribution is 0.415. The van der Waals surface area contributed by atoms with E-state index in [0.717, 1.165) is 0 Å². The van der Waals surface area contributed by atoms with Gasteiger partial charge in [-0.3, -0.25) is 0 Å². The molecule has 0 unspecified atom stereocenters. The monoisotopic (exact) mass is 254 g/mol. The summed E-state index contributed by atoms with van der Waals surface area (Å²) in [5.41, 5.74) is -1.10. The summed E-state index contributed by atoms with van der Waals surface area (Å²) >= 11 is 2.60. The third kappa shape index (κ3) is 1.87. The smallest absolute Gasteiger partial charge is 0.423 e. The van der Waals surface area contributed by atoms with E-state index in [1.807, 2.05) is 0 Å². The summed E-state index contributed by atoms with van der Waals surface area (Å²) in [5, 5.41) is 17.0. The molecule has 0 aliphatic heterocycles. The van der Waals surface area contributed by atoms with Gasteiger partial charge >= 0.3 is 7.12 Å². The maximum absolute atomic E-state index is 12.9. The minimum Gasteiger partial charge on any atom is -0.423 e. The molecular weight excluding hydrogens is 252 g/mol. The maximum atomic E-state index is 12.9. The van der Waals surface area contributed by atoms with Gasteiger partial charge in [0.05, 0.1) is 9.94 Å². The van der Waals surface area contributed by atoms with Gasteiger partial charge in [-0.1, -0.05) is 0 Å². The second-order valence-corrected chi connectivity index (χ2v) is 3.11. The number of halogens is 4. The molecule has 0 radical (unpaired) electrons. The van der Waals surface area contributed by atoms with Crippen LogP contribution in [0.5, 0.6) is 0 Å². The summed E-state index contributed by atoms with van der Waals surface area (Å²) in [7, 11) is -2.38. The fraction of sp³-hybridized carbons (Fsp3) is 0. The zero-order valence-corrected chi connectivity index (χ0v) is 7.65. The highest BCUT2D eigenvalue weighted by atomic mass is 79.9. The molecule has 0 spiro atoms. The summed E-state index contributed by atoms with van der Waals surface area (Å²) in [4.78, 5) is 0. The van der Waals surface area contributed by atoms with Crippen LogP contribution >= 0.6 is 15.9 Å². The number of benzene rings is 1. The van der Waals surface area contributed by atoms with Gasteiger partial charge in [-0.2, -0.15) is 0 Å². The molecule has 1 aromatic carbocycles. The first-order valence-electron chi connectivity index (χ1n) is 3.14. The van der Waals surface area contributed by atoms with E-state index >= 15 is 0 Å². The molecule has 0 aromatic heterocycles. The highest BCUT2D eigenvalue weighted by Crippen LogP contribution is 2.17. The molecule has 2 nitrogen and oxygen atoms in total. The normalized spacial score (nSPS) is 10.3. The molecule has 7 heteroatoms. The van der Waals surface area contributed by atoms with Crippen LogP contribution in [0.15, 0.2) is 10.5 Å². The fourth-order valence-electron chi connectivity index (χ4n) is 0.818. The minimum absolute atomic E-state index is 0.366. The van der Waals surface area contributed by atoms with Crippen LogP contribution in [0.3, 0.4) is 0 Å². The Hall–Kier alpha value is -0.525. The van der Waals surface area contributed by atoms with Crippen molar-refractivity contribution in [1.29, 1.82) is 0 Å². The standard InChI is InChI=1S/C6H3BBrF3O2/c8-2-1-3(9)6(11)4(5(2)10)7(12)13/h1,12-13H. The number of hydrogen-bond acceptors (Lipinski definition) is 2. The molecule has 1 rings (SSSR count). The summed E-state index contributed by atoms with van der Waals surface area (Å²) in [6, 6.07) is 0.566. The van der Waals surface area contributed by atoms with Gasteiger partial charge in [-0.05, 0) is 22.0 Å². The Balaban J connectivity index is 3.46. The maximum Gasteiger partial charge on any atom is 0.494 e. The lowest BCUT2D eigenvalue weighted by atomic mass is 9.79. The third-order valence-electron chi connectivity index (χ3n) is 1.40. The van der Waals surface area contributed by atoms with Crippen LogP contribution in [-0.4, -0.2) is 17.2 Å². The minimum atomic E-state index is -2.38. The Morgan fingerprint density at radius 1 is 1.15 bits per heavy atom. The van der Waals surface area contributed by atoms with Gasteiger partial charge in [0.1, 0.15) is 5.82 Å². The van der Waals surface area contributed by atoms with Gasteiger partial charge in [-0.25, -0.2) is 13.2 Å². The van der Waals surface area contributed by atoms with Gasteiger partial charge < -0.3 is 10.0 Å². The summed E-state index contributed by atoms with van der Waals surface area (Å²) in [5.74, 6) is -4.18. The predicted octanol–water partition coefficient (Wildman–Crippen LogP) is 0.546. The van der Waals surface area contributed by atoms with Gasteiger partial charge in [0.2, 0.25) is 0 Å². The highest BCUT2D eigenvalue weighted by molar-refractivity contribution is 9.10. The molecular formula is C6H3BBrF3O2. The first kappa shape index (κ1) is 10.6. The quantitative estimate of drug-likeness (QED) is 0.568. The van der Waals surface area contributed by atoms with E-state index in [2.05, 4.69) is 15.9 Å². The van der Waals surface area contributed by atoms with Crippen molar-refractivity contribution in [3.8, 4) is 0 Å². The Bertz CT molecular complexity index is 319. The third-order valence-corrected chi connectivity index (χ3v) is 1.98. The second kappa shape index (κ2) is 3.69. The van der Waals surface area contributed by atoms with Gasteiger partial charge in [0.25, 0.3) is 0 Å². The van der Waals surface area contributed by atoms with Crippen molar-refractivity contribution in [1.82, 2.24) is 0 Å². The van der Waals surface area contributed by atoms with Crippen LogP contribution in [0, 0.1) is 17.5 Å². The van der Waals surface area contributed by atoms with Crippen LogP contribution < -0.4 is 5.46 Å². The summed E-state index contributed by atoms with van der Waals surface area (Å²) < 4.78 is 37.9. The lowest BCUT2D eigenvalue weighted by Crippen LogP contribution is -2.36. The van der Waals surface area contributed by atoms with Gasteiger partial charge in [0, 0.05) is 0 Å². The second-order valence-electron chi connectivity index (χ2n) is 2.26. The molecule has 0 saturated heterocycles. The van der Waals surface area contributed by atoms with Gasteiger partial charge in [0.15, 0.2) is 11.6 Å². The topological polar surface area (TPSA) is 40.5 Å². The molecule has 70 valence electrons. The van der Waals surface area contributed by atoms with Crippen LogP contribution in [0.1, 0.15) is 0 Å². The van der Waals surface area contributed by atoms with Crippen molar-refractivity contribution in [3.63, 3.8) is 0 Å². The average Bonchev–Trinajstić information content (AvgIpc) is 2.01. The van der Waals surface area contributed by atoms with Crippen molar-refractivity contribution >= 4 is 28.5 Å². The van der Waals surface area contributed by atoms with Crippen molar-refractivity contribution in [3.05, 3.63) is 28.0 Å². The first-order valence-corrected chi connectivity index (χ1v) is 3.93. The van der Waals surface area contributed by atoms with E-state index in [-0.39, 0.29) is 4.47 Å². The van der Waals surface area contributed by atoms with Gasteiger partial charge in [-0.15, -0.1) is 0 Å². The van der Waals surface area contributed by atoms with Crippen molar-refractivity contribution in [2.24, 2.45) is 0 Å². The molecule has 0 saturated carbocycles. The van der Waals surface area contributed by atoms with E-state index in [1.54, 1.807) is 0 Å². The average molecular weight is 255 g/mol. The molecule has 2 N–H and O–H groups in total. The predicted molar refractivity (Wildman–Crippen MR) is 43.8 cm³/mol. The largest absolute Gasteiger partial charge is 0.494 e. The fourth-order valence-corrected chi connectivity index (χ4v) is 1.23. The van der Waals surface area contributed by atoms with E-state index < -0.39 is 30.0 Å². The van der Waals surface area contributed by atoms with Crippen LogP contribution in [0.25, 0.3) is 0 Å². The summed E-state index contributed by atoms with van der Waals surface area (Å²) in [6.07, 6.45) is 0. The summed E-state index contributed by atoms with van der Waals surface area (Å²) in [6.45, 7) is 0. The van der Waals surface area contributed by atoms with E-state index in [0.29, 0.717) is 6.07 Å². The van der Waals surface area contributed by atoms with Crippen LogP contribution in [0.2, 0.25) is 0 Å². The Labute approximate surface area is 80.3 Å². The molecule has 0 bridgehead atoms.